The second-order valence-corrected chi connectivity index (χ2v) is 7.57. The van der Waals surface area contributed by atoms with E-state index in [9.17, 15) is 50.8 Å². The molecule has 2 heterocycles. The molecule has 2 aromatic carbocycles. The molecule has 0 aliphatic carbocycles. The van der Waals surface area contributed by atoms with Crippen molar-refractivity contribution in [3.63, 3.8) is 0 Å². The average Bonchev–Trinajstić information content (AvgIpc) is 2.81. The van der Waals surface area contributed by atoms with Crippen molar-refractivity contribution in [2.75, 3.05) is 6.61 Å². The predicted octanol–water partition coefficient (Wildman–Crippen LogP) is -0.833. The normalized spacial score (nSPS) is 24.9. The molecular weight excluding hydrogens is 460 g/mol. The zero-order valence-corrected chi connectivity index (χ0v) is 17.1. The molecule has 34 heavy (non-hydrogen) atoms. The van der Waals surface area contributed by atoms with Crippen molar-refractivity contribution in [3.8, 4) is 45.8 Å². The number of fused-ring (bicyclic) bond motifs is 1. The molecule has 0 amide bonds. The molecule has 0 bridgehead atoms. The smallest absolute Gasteiger partial charge is 0.238 e. The van der Waals surface area contributed by atoms with Gasteiger partial charge < -0.3 is 59.8 Å². The van der Waals surface area contributed by atoms with E-state index in [4.69, 9.17) is 13.9 Å². The molecule has 0 unspecified atom stereocenters. The number of rotatable bonds is 4. The molecule has 4 rings (SSSR count). The zero-order valence-electron chi connectivity index (χ0n) is 17.1. The van der Waals surface area contributed by atoms with Crippen LogP contribution in [0.5, 0.6) is 34.5 Å². The zero-order chi connectivity index (χ0) is 24.9. The van der Waals surface area contributed by atoms with E-state index in [0.717, 1.165) is 18.2 Å². The molecule has 9 N–H and O–H groups in total. The van der Waals surface area contributed by atoms with Crippen LogP contribution in [0.25, 0.3) is 22.3 Å². The largest absolute Gasteiger partial charge is 0.504 e. The van der Waals surface area contributed by atoms with Crippen molar-refractivity contribution in [1.29, 1.82) is 0 Å². The third-order valence-corrected chi connectivity index (χ3v) is 5.40. The van der Waals surface area contributed by atoms with Gasteiger partial charge in [0.2, 0.25) is 23.2 Å². The van der Waals surface area contributed by atoms with Crippen LogP contribution < -0.4 is 10.2 Å². The summed E-state index contributed by atoms with van der Waals surface area (Å²) in [6.07, 6.45) is -8.32. The van der Waals surface area contributed by atoms with E-state index in [-0.39, 0.29) is 5.56 Å². The van der Waals surface area contributed by atoms with Gasteiger partial charge in [0, 0.05) is 11.6 Å². The van der Waals surface area contributed by atoms with Crippen LogP contribution in [0.4, 0.5) is 0 Å². The monoisotopic (exact) mass is 480 g/mol. The van der Waals surface area contributed by atoms with Crippen LogP contribution in [0.2, 0.25) is 0 Å². The highest BCUT2D eigenvalue weighted by atomic mass is 16.7. The summed E-state index contributed by atoms with van der Waals surface area (Å²) in [5, 5.41) is 88.8. The average molecular weight is 480 g/mol. The summed E-state index contributed by atoms with van der Waals surface area (Å²) in [7, 11) is 0. The van der Waals surface area contributed by atoms with Gasteiger partial charge in [-0.05, 0) is 18.2 Å². The van der Waals surface area contributed by atoms with Crippen molar-refractivity contribution in [1.82, 2.24) is 0 Å². The standard InChI is InChI=1S/C21H20O13/c22-5-11-14(26)17(29)19(31)21(34-11)33-10-4-9-12(15(27)13(10)25)16(28)18(30)20(32-9)6-1-2-7(23)8(24)3-6/h1-4,11,14,17,19,21-27,29-31H,5H2/t11-,14+,17-,19+,21+/m0/s1. The van der Waals surface area contributed by atoms with Crippen LogP contribution in [0.3, 0.4) is 0 Å². The number of benzene rings is 2. The van der Waals surface area contributed by atoms with E-state index < -0.39 is 94.0 Å². The Morgan fingerprint density at radius 2 is 1.56 bits per heavy atom. The minimum absolute atomic E-state index is 0.0178. The van der Waals surface area contributed by atoms with Gasteiger partial charge in [-0.2, -0.15) is 0 Å². The minimum atomic E-state index is -1.84. The van der Waals surface area contributed by atoms with E-state index in [1.807, 2.05) is 0 Å². The summed E-state index contributed by atoms with van der Waals surface area (Å²) in [6, 6.07) is 4.24. The van der Waals surface area contributed by atoms with Crippen LogP contribution in [0, 0.1) is 0 Å². The Morgan fingerprint density at radius 1 is 0.853 bits per heavy atom. The van der Waals surface area contributed by atoms with E-state index in [2.05, 4.69) is 0 Å². The molecule has 0 spiro atoms. The molecule has 13 nitrogen and oxygen atoms in total. The lowest BCUT2D eigenvalue weighted by Crippen LogP contribution is -2.60. The Bertz CT molecular complexity index is 1300. The van der Waals surface area contributed by atoms with Gasteiger partial charge in [0.25, 0.3) is 0 Å². The molecule has 0 radical (unpaired) electrons. The number of ether oxygens (including phenoxy) is 2. The van der Waals surface area contributed by atoms with Gasteiger partial charge in [-0.1, -0.05) is 0 Å². The van der Waals surface area contributed by atoms with Crippen molar-refractivity contribution in [2.24, 2.45) is 0 Å². The summed E-state index contributed by atoms with van der Waals surface area (Å²) < 4.78 is 16.0. The number of aliphatic hydroxyl groups excluding tert-OH is 4. The van der Waals surface area contributed by atoms with Crippen LogP contribution in [0.1, 0.15) is 0 Å². The quantitative estimate of drug-likeness (QED) is 0.208. The van der Waals surface area contributed by atoms with Crippen molar-refractivity contribution >= 4 is 11.0 Å². The Hall–Kier alpha value is -3.75. The number of aliphatic hydroxyl groups is 4. The summed E-state index contributed by atoms with van der Waals surface area (Å²) in [6.45, 7) is -0.739. The molecule has 13 heteroatoms. The first-order chi connectivity index (χ1) is 16.0. The number of hydrogen-bond donors (Lipinski definition) is 9. The summed E-state index contributed by atoms with van der Waals surface area (Å²) >= 11 is 0. The number of phenols is 4. The van der Waals surface area contributed by atoms with Crippen molar-refractivity contribution < 1.29 is 59.8 Å². The van der Waals surface area contributed by atoms with E-state index in [1.54, 1.807) is 0 Å². The number of hydrogen-bond acceptors (Lipinski definition) is 13. The predicted molar refractivity (Wildman–Crippen MR) is 111 cm³/mol. The van der Waals surface area contributed by atoms with Gasteiger partial charge in [-0.15, -0.1) is 0 Å². The molecule has 0 saturated carbocycles. The summed E-state index contributed by atoms with van der Waals surface area (Å²) in [5.74, 6) is -5.06. The molecule has 182 valence electrons. The maximum absolute atomic E-state index is 12.7. The third kappa shape index (κ3) is 3.70. The van der Waals surface area contributed by atoms with Gasteiger partial charge in [-0.25, -0.2) is 0 Å². The topological polar surface area (TPSA) is 231 Å². The lowest BCUT2D eigenvalue weighted by Gasteiger charge is -2.39. The molecule has 1 aliphatic rings. The highest BCUT2D eigenvalue weighted by molar-refractivity contribution is 5.91. The van der Waals surface area contributed by atoms with Crippen molar-refractivity contribution in [2.45, 2.75) is 30.7 Å². The number of aromatic hydroxyl groups is 5. The Morgan fingerprint density at radius 3 is 2.21 bits per heavy atom. The van der Waals surface area contributed by atoms with Gasteiger partial charge in [0.1, 0.15) is 35.4 Å². The van der Waals surface area contributed by atoms with Crippen LogP contribution in [-0.4, -0.2) is 83.3 Å². The second-order valence-electron chi connectivity index (χ2n) is 7.57. The highest BCUT2D eigenvalue weighted by Gasteiger charge is 2.45. The number of phenolic OH excluding ortho intramolecular Hbond substituents is 4. The Balaban J connectivity index is 1.82. The maximum Gasteiger partial charge on any atom is 0.238 e. The Labute approximate surface area is 189 Å². The van der Waals surface area contributed by atoms with Gasteiger partial charge in [0.15, 0.2) is 28.8 Å². The lowest BCUT2D eigenvalue weighted by molar-refractivity contribution is -0.277. The summed E-state index contributed by atoms with van der Waals surface area (Å²) in [4.78, 5) is 12.7. The fraction of sp³-hybridized carbons (Fsp3) is 0.286. The first-order valence-electron chi connectivity index (χ1n) is 9.79. The molecule has 1 aliphatic heterocycles. The minimum Gasteiger partial charge on any atom is -0.504 e. The molecule has 5 atom stereocenters. The van der Waals surface area contributed by atoms with E-state index in [1.165, 1.54) is 6.07 Å². The molecule has 3 aromatic rings. The van der Waals surface area contributed by atoms with Crippen LogP contribution in [-0.2, 0) is 4.74 Å². The fourth-order valence-electron chi connectivity index (χ4n) is 3.53. The highest BCUT2D eigenvalue weighted by Crippen LogP contribution is 2.44. The van der Waals surface area contributed by atoms with Crippen molar-refractivity contribution in [3.05, 3.63) is 34.5 Å². The molecule has 1 fully saturated rings. The summed E-state index contributed by atoms with van der Waals surface area (Å²) in [5.41, 5.74) is -1.56. The van der Waals surface area contributed by atoms with Crippen LogP contribution >= 0.6 is 0 Å². The molecular formula is C21H20O13. The Kier molecular flexibility index (Phi) is 5.89. The van der Waals surface area contributed by atoms with Crippen LogP contribution in [0.15, 0.2) is 33.5 Å². The van der Waals surface area contributed by atoms with E-state index in [0.29, 0.717) is 0 Å². The lowest BCUT2D eigenvalue weighted by atomic mass is 9.99. The fourth-order valence-corrected chi connectivity index (χ4v) is 3.53. The van der Waals surface area contributed by atoms with Gasteiger partial charge >= 0.3 is 0 Å². The second kappa shape index (κ2) is 8.55. The van der Waals surface area contributed by atoms with Gasteiger partial charge in [0.05, 0.1) is 6.61 Å². The maximum atomic E-state index is 12.7. The first-order valence-corrected chi connectivity index (χ1v) is 9.79. The molecule has 1 saturated heterocycles. The first kappa shape index (κ1) is 23.4. The van der Waals surface area contributed by atoms with Gasteiger partial charge in [-0.3, -0.25) is 4.79 Å². The van der Waals surface area contributed by atoms with E-state index >= 15 is 0 Å². The third-order valence-electron chi connectivity index (χ3n) is 5.40. The molecule has 1 aromatic heterocycles. The SMILES string of the molecule is O=c1c(O)c(-c2ccc(O)c(O)c2)oc2cc(O[C@@H]3O[C@@H](CO)[C@@H](O)[C@H](O)[C@H]3O)c(O)c(O)c12.